The molecule has 1 aliphatic heterocycles. The van der Waals surface area contributed by atoms with Crippen molar-refractivity contribution in [3.8, 4) is 11.3 Å². The number of aryl methyl sites for hydroxylation is 1. The van der Waals surface area contributed by atoms with Crippen LogP contribution in [0.2, 0.25) is 0 Å². The normalized spacial score (nSPS) is 20.1. The number of rotatable bonds is 3. The number of hydrogen-bond donors (Lipinski definition) is 2. The van der Waals surface area contributed by atoms with Gasteiger partial charge in [-0.05, 0) is 38.7 Å². The van der Waals surface area contributed by atoms with Gasteiger partial charge in [-0.3, -0.25) is 4.79 Å². The van der Waals surface area contributed by atoms with Crippen molar-refractivity contribution < 1.29 is 4.79 Å². The topological polar surface area (TPSA) is 75.0 Å². The van der Waals surface area contributed by atoms with Crippen LogP contribution < -0.4 is 5.73 Å². The van der Waals surface area contributed by atoms with Gasteiger partial charge in [-0.25, -0.2) is 4.98 Å². The molecule has 5 nitrogen and oxygen atoms in total. The first-order valence-corrected chi connectivity index (χ1v) is 8.58. The van der Waals surface area contributed by atoms with E-state index in [4.69, 9.17) is 5.73 Å². The molecule has 2 atom stereocenters. The molecule has 22 heavy (non-hydrogen) atoms. The van der Waals surface area contributed by atoms with Crippen LogP contribution in [0.15, 0.2) is 17.6 Å². The highest BCUT2D eigenvalue weighted by molar-refractivity contribution is 7.09. The van der Waals surface area contributed by atoms with E-state index >= 15 is 0 Å². The Labute approximate surface area is 134 Å². The third-order valence-corrected chi connectivity index (χ3v) is 5.09. The molecule has 1 aliphatic rings. The molecule has 0 bridgehead atoms. The van der Waals surface area contributed by atoms with Gasteiger partial charge < -0.3 is 15.6 Å². The molecule has 1 amide bonds. The van der Waals surface area contributed by atoms with Crippen LogP contribution in [0.25, 0.3) is 11.3 Å². The van der Waals surface area contributed by atoms with Gasteiger partial charge in [-0.2, -0.15) is 0 Å². The molecule has 3 rings (SSSR count). The van der Waals surface area contributed by atoms with Gasteiger partial charge in [0.15, 0.2) is 0 Å². The maximum Gasteiger partial charge on any atom is 0.270 e. The smallest absolute Gasteiger partial charge is 0.270 e. The predicted octanol–water partition coefficient (Wildman–Crippen LogP) is 2.65. The highest BCUT2D eigenvalue weighted by Gasteiger charge is 2.27. The monoisotopic (exact) mass is 318 g/mol. The number of amides is 1. The number of hydrogen-bond acceptors (Lipinski definition) is 4. The second-order valence-corrected chi connectivity index (χ2v) is 7.13. The van der Waals surface area contributed by atoms with Crippen LogP contribution in [-0.2, 0) is 0 Å². The molecule has 1 fully saturated rings. The van der Waals surface area contributed by atoms with E-state index in [2.05, 4.69) is 9.97 Å². The molecule has 3 heterocycles. The van der Waals surface area contributed by atoms with Crippen LogP contribution >= 0.6 is 11.3 Å². The van der Waals surface area contributed by atoms with Crippen LogP contribution in [0.4, 0.5) is 0 Å². The third kappa shape index (κ3) is 3.08. The minimum Gasteiger partial charge on any atom is -0.357 e. The lowest BCUT2D eigenvalue weighted by molar-refractivity contribution is 0.0655. The van der Waals surface area contributed by atoms with Crippen molar-refractivity contribution in [3.63, 3.8) is 0 Å². The minimum atomic E-state index is 0.0588. The number of carbonyl (C=O) groups excluding carboxylic acids is 1. The molecule has 0 radical (unpaired) electrons. The zero-order chi connectivity index (χ0) is 15.7. The standard InChI is InChI=1S/C16H22N4OS/c1-10(17)12-4-3-5-20(8-12)16(21)14-6-13(7-18-14)15-9-22-11(2)19-15/h6-7,9-10,12,18H,3-5,8,17H2,1-2H3. The summed E-state index contributed by atoms with van der Waals surface area (Å²) in [4.78, 5) is 22.1. The number of aromatic amines is 1. The Kier molecular flexibility index (Phi) is 4.31. The molecule has 0 aliphatic carbocycles. The van der Waals surface area contributed by atoms with Gasteiger partial charge >= 0.3 is 0 Å². The Bertz CT molecular complexity index is 661. The lowest BCUT2D eigenvalue weighted by Gasteiger charge is -2.34. The summed E-state index contributed by atoms with van der Waals surface area (Å²) in [7, 11) is 0. The SMILES string of the molecule is Cc1nc(-c2c[nH]c(C(=O)N3CCCC(C(C)N)C3)c2)cs1. The zero-order valence-electron chi connectivity index (χ0n) is 13.0. The number of nitrogens with one attached hydrogen (secondary N) is 1. The molecule has 0 aromatic carbocycles. The molecular weight excluding hydrogens is 296 g/mol. The summed E-state index contributed by atoms with van der Waals surface area (Å²) < 4.78 is 0. The van der Waals surface area contributed by atoms with Gasteiger partial charge in [-0.1, -0.05) is 0 Å². The Balaban J connectivity index is 1.74. The summed E-state index contributed by atoms with van der Waals surface area (Å²) in [6.07, 6.45) is 3.99. The van der Waals surface area contributed by atoms with E-state index in [1.165, 1.54) is 0 Å². The molecule has 118 valence electrons. The zero-order valence-corrected chi connectivity index (χ0v) is 13.8. The second kappa shape index (κ2) is 6.22. The van der Waals surface area contributed by atoms with Crippen molar-refractivity contribution in [2.24, 2.45) is 11.7 Å². The number of nitrogens with two attached hydrogens (primary N) is 1. The van der Waals surface area contributed by atoms with Crippen molar-refractivity contribution >= 4 is 17.2 Å². The van der Waals surface area contributed by atoms with E-state index in [0.29, 0.717) is 11.6 Å². The highest BCUT2D eigenvalue weighted by Crippen LogP contribution is 2.24. The molecule has 2 aromatic heterocycles. The number of piperidine rings is 1. The molecule has 2 aromatic rings. The molecule has 2 unspecified atom stereocenters. The Morgan fingerprint density at radius 3 is 3.09 bits per heavy atom. The Hall–Kier alpha value is -1.66. The first kappa shape index (κ1) is 15.2. The van der Waals surface area contributed by atoms with Crippen LogP contribution in [0.3, 0.4) is 0 Å². The Morgan fingerprint density at radius 1 is 1.59 bits per heavy atom. The average Bonchev–Trinajstić information content (AvgIpc) is 3.15. The van der Waals surface area contributed by atoms with Crippen molar-refractivity contribution in [1.82, 2.24) is 14.9 Å². The molecular formula is C16H22N4OS. The van der Waals surface area contributed by atoms with E-state index < -0.39 is 0 Å². The summed E-state index contributed by atoms with van der Waals surface area (Å²) >= 11 is 1.61. The number of nitrogens with zero attached hydrogens (tertiary/aromatic N) is 2. The number of likely N-dealkylation sites (tertiary alicyclic amines) is 1. The second-order valence-electron chi connectivity index (χ2n) is 6.07. The number of aromatic nitrogens is 2. The van der Waals surface area contributed by atoms with Gasteiger partial charge in [0, 0.05) is 36.3 Å². The lowest BCUT2D eigenvalue weighted by atomic mass is 9.92. The van der Waals surface area contributed by atoms with Gasteiger partial charge in [0.05, 0.1) is 10.7 Å². The highest BCUT2D eigenvalue weighted by atomic mass is 32.1. The van der Waals surface area contributed by atoms with Crippen molar-refractivity contribution in [2.45, 2.75) is 32.7 Å². The predicted molar refractivity (Wildman–Crippen MR) is 88.9 cm³/mol. The largest absolute Gasteiger partial charge is 0.357 e. The summed E-state index contributed by atoms with van der Waals surface area (Å²) in [5.74, 6) is 0.455. The lowest BCUT2D eigenvalue weighted by Crippen LogP contribution is -2.45. The fraction of sp³-hybridized carbons (Fsp3) is 0.500. The first-order chi connectivity index (χ1) is 10.5. The molecule has 0 saturated carbocycles. The molecule has 6 heteroatoms. The maximum atomic E-state index is 12.7. The first-order valence-electron chi connectivity index (χ1n) is 7.70. The molecule has 0 spiro atoms. The van der Waals surface area contributed by atoms with E-state index in [1.54, 1.807) is 11.3 Å². The van der Waals surface area contributed by atoms with Gasteiger partial charge in [0.2, 0.25) is 0 Å². The van der Waals surface area contributed by atoms with E-state index in [-0.39, 0.29) is 11.9 Å². The van der Waals surface area contributed by atoms with E-state index in [9.17, 15) is 4.79 Å². The van der Waals surface area contributed by atoms with Gasteiger partial charge in [-0.15, -0.1) is 11.3 Å². The summed E-state index contributed by atoms with van der Waals surface area (Å²) in [6.45, 7) is 5.57. The maximum absolute atomic E-state index is 12.7. The summed E-state index contributed by atoms with van der Waals surface area (Å²) in [5, 5.41) is 3.04. The van der Waals surface area contributed by atoms with Crippen molar-refractivity contribution in [1.29, 1.82) is 0 Å². The fourth-order valence-electron chi connectivity index (χ4n) is 2.96. The number of carbonyl (C=O) groups is 1. The van der Waals surface area contributed by atoms with Crippen LogP contribution in [-0.4, -0.2) is 39.9 Å². The average molecular weight is 318 g/mol. The number of thiazole rings is 1. The summed E-state index contributed by atoms with van der Waals surface area (Å²) in [6, 6.07) is 2.03. The summed E-state index contributed by atoms with van der Waals surface area (Å²) in [5.41, 5.74) is 8.52. The minimum absolute atomic E-state index is 0.0588. The molecule has 3 N–H and O–H groups in total. The van der Waals surface area contributed by atoms with Crippen LogP contribution in [0.1, 0.15) is 35.3 Å². The van der Waals surface area contributed by atoms with Crippen molar-refractivity contribution in [3.05, 3.63) is 28.3 Å². The Morgan fingerprint density at radius 2 is 2.41 bits per heavy atom. The quantitative estimate of drug-likeness (QED) is 0.913. The van der Waals surface area contributed by atoms with Gasteiger partial charge in [0.1, 0.15) is 5.69 Å². The van der Waals surface area contributed by atoms with E-state index in [1.807, 2.05) is 36.4 Å². The van der Waals surface area contributed by atoms with Crippen LogP contribution in [0, 0.1) is 12.8 Å². The fourth-order valence-corrected chi connectivity index (χ4v) is 3.58. The van der Waals surface area contributed by atoms with Crippen molar-refractivity contribution in [2.75, 3.05) is 13.1 Å². The molecule has 1 saturated heterocycles. The van der Waals surface area contributed by atoms with Gasteiger partial charge in [0.25, 0.3) is 5.91 Å². The number of H-pyrrole nitrogens is 1. The van der Waals surface area contributed by atoms with E-state index in [0.717, 1.165) is 42.2 Å². The third-order valence-electron chi connectivity index (χ3n) is 4.32. The van der Waals surface area contributed by atoms with Crippen LogP contribution in [0.5, 0.6) is 0 Å².